The Bertz CT molecular complexity index is 421. The van der Waals surface area contributed by atoms with E-state index in [0.717, 1.165) is 17.3 Å². The molecule has 2 unspecified atom stereocenters. The van der Waals surface area contributed by atoms with Gasteiger partial charge in [0.2, 0.25) is 0 Å². The third-order valence-electron chi connectivity index (χ3n) is 3.06. The summed E-state index contributed by atoms with van der Waals surface area (Å²) < 4.78 is 10.2. The van der Waals surface area contributed by atoms with Crippen LogP contribution in [0.15, 0.2) is 24.3 Å². The molecule has 1 aromatic rings. The minimum atomic E-state index is -0.217. The third-order valence-corrected chi connectivity index (χ3v) is 4.20. The number of methoxy groups -OCH3 is 1. The fourth-order valence-electron chi connectivity index (χ4n) is 2.05. The molecule has 2 atom stereocenters. The van der Waals surface area contributed by atoms with Gasteiger partial charge in [0.15, 0.2) is 0 Å². The molecule has 104 valence electrons. The van der Waals surface area contributed by atoms with Gasteiger partial charge in [-0.15, -0.1) is 0 Å². The SMILES string of the molecule is CCOC(=O)C1CSCC(c2ccc(OC)cc2)N1. The summed E-state index contributed by atoms with van der Waals surface area (Å²) in [4.78, 5) is 11.8. The van der Waals surface area contributed by atoms with Gasteiger partial charge in [0.25, 0.3) is 0 Å². The van der Waals surface area contributed by atoms with E-state index in [0.29, 0.717) is 6.61 Å². The molecule has 19 heavy (non-hydrogen) atoms. The van der Waals surface area contributed by atoms with Crippen LogP contribution in [0.25, 0.3) is 0 Å². The highest BCUT2D eigenvalue weighted by Gasteiger charge is 2.28. The molecule has 0 spiro atoms. The van der Waals surface area contributed by atoms with Crippen LogP contribution >= 0.6 is 11.8 Å². The molecular weight excluding hydrogens is 262 g/mol. The highest BCUT2D eigenvalue weighted by Crippen LogP contribution is 2.26. The predicted octanol–water partition coefficient (Wildman–Crippen LogP) is 2.00. The molecule has 1 heterocycles. The molecule has 4 nitrogen and oxygen atoms in total. The number of thioether (sulfide) groups is 1. The van der Waals surface area contributed by atoms with Crippen LogP contribution in [0.3, 0.4) is 0 Å². The van der Waals surface area contributed by atoms with Crippen LogP contribution < -0.4 is 10.1 Å². The van der Waals surface area contributed by atoms with Gasteiger partial charge in [-0.25, -0.2) is 0 Å². The molecule has 5 heteroatoms. The lowest BCUT2D eigenvalue weighted by Crippen LogP contribution is -2.46. The second-order valence-electron chi connectivity index (χ2n) is 4.33. The van der Waals surface area contributed by atoms with Gasteiger partial charge in [-0.3, -0.25) is 10.1 Å². The predicted molar refractivity (Wildman–Crippen MR) is 76.6 cm³/mol. The van der Waals surface area contributed by atoms with Gasteiger partial charge in [-0.05, 0) is 24.6 Å². The molecule has 2 rings (SSSR count). The molecule has 1 aromatic carbocycles. The van der Waals surface area contributed by atoms with Crippen molar-refractivity contribution in [3.63, 3.8) is 0 Å². The van der Waals surface area contributed by atoms with E-state index < -0.39 is 0 Å². The quantitative estimate of drug-likeness (QED) is 0.855. The van der Waals surface area contributed by atoms with E-state index in [-0.39, 0.29) is 18.1 Å². The first-order chi connectivity index (χ1) is 9.24. The highest BCUT2D eigenvalue weighted by molar-refractivity contribution is 7.99. The first kappa shape index (κ1) is 14.2. The van der Waals surface area contributed by atoms with Crippen molar-refractivity contribution in [1.29, 1.82) is 0 Å². The zero-order valence-electron chi connectivity index (χ0n) is 11.2. The maximum atomic E-state index is 11.8. The van der Waals surface area contributed by atoms with Gasteiger partial charge < -0.3 is 9.47 Å². The maximum Gasteiger partial charge on any atom is 0.324 e. The Labute approximate surface area is 117 Å². The van der Waals surface area contributed by atoms with Crippen LogP contribution in [0.5, 0.6) is 5.75 Å². The Morgan fingerprint density at radius 2 is 2.11 bits per heavy atom. The summed E-state index contributed by atoms with van der Waals surface area (Å²) in [6, 6.07) is 7.91. The molecule has 0 radical (unpaired) electrons. The second-order valence-corrected chi connectivity index (χ2v) is 5.41. The summed E-state index contributed by atoms with van der Waals surface area (Å²) in [5.74, 6) is 2.41. The molecule has 0 aromatic heterocycles. The van der Waals surface area contributed by atoms with Crippen molar-refractivity contribution in [3.05, 3.63) is 29.8 Å². The van der Waals surface area contributed by atoms with Crippen molar-refractivity contribution in [1.82, 2.24) is 5.32 Å². The average Bonchev–Trinajstić information content (AvgIpc) is 2.48. The molecule has 1 N–H and O–H groups in total. The second kappa shape index (κ2) is 6.82. The van der Waals surface area contributed by atoms with Crippen molar-refractivity contribution < 1.29 is 14.3 Å². The largest absolute Gasteiger partial charge is 0.497 e. The van der Waals surface area contributed by atoms with Gasteiger partial charge in [-0.1, -0.05) is 12.1 Å². The van der Waals surface area contributed by atoms with Crippen molar-refractivity contribution >= 4 is 17.7 Å². The van der Waals surface area contributed by atoms with Crippen LogP contribution in [0.2, 0.25) is 0 Å². The lowest BCUT2D eigenvalue weighted by atomic mass is 10.1. The zero-order chi connectivity index (χ0) is 13.7. The summed E-state index contributed by atoms with van der Waals surface area (Å²) in [5.41, 5.74) is 1.17. The fraction of sp³-hybridized carbons (Fsp3) is 0.500. The number of carbonyl (C=O) groups excluding carboxylic acids is 1. The van der Waals surface area contributed by atoms with Crippen molar-refractivity contribution in [2.75, 3.05) is 25.2 Å². The average molecular weight is 281 g/mol. The minimum Gasteiger partial charge on any atom is -0.497 e. The number of hydrogen-bond acceptors (Lipinski definition) is 5. The van der Waals surface area contributed by atoms with Crippen LogP contribution in [-0.2, 0) is 9.53 Å². The van der Waals surface area contributed by atoms with Crippen LogP contribution in [0, 0.1) is 0 Å². The molecule has 1 aliphatic rings. The Morgan fingerprint density at radius 3 is 2.74 bits per heavy atom. The lowest BCUT2D eigenvalue weighted by molar-refractivity contribution is -0.145. The van der Waals surface area contributed by atoms with Gasteiger partial charge in [0.05, 0.1) is 13.7 Å². The molecular formula is C14H19NO3S. The summed E-state index contributed by atoms with van der Waals surface area (Å²) in [5, 5.41) is 3.36. The summed E-state index contributed by atoms with van der Waals surface area (Å²) in [7, 11) is 1.65. The monoisotopic (exact) mass is 281 g/mol. The number of carbonyl (C=O) groups is 1. The Balaban J connectivity index is 2.01. The number of hydrogen-bond donors (Lipinski definition) is 1. The standard InChI is InChI=1S/C14H19NO3S/c1-3-18-14(16)13-9-19-8-12(15-13)10-4-6-11(17-2)7-5-10/h4-7,12-13,15H,3,8-9H2,1-2H3. The van der Waals surface area contributed by atoms with E-state index >= 15 is 0 Å². The highest BCUT2D eigenvalue weighted by atomic mass is 32.2. The number of ether oxygens (including phenoxy) is 2. The zero-order valence-corrected chi connectivity index (χ0v) is 12.0. The third kappa shape index (κ3) is 3.64. The van der Waals surface area contributed by atoms with E-state index in [4.69, 9.17) is 9.47 Å². The van der Waals surface area contributed by atoms with E-state index in [1.165, 1.54) is 5.56 Å². The van der Waals surface area contributed by atoms with E-state index in [1.807, 2.05) is 31.2 Å². The number of benzene rings is 1. The Hall–Kier alpha value is -1.20. The normalized spacial score (nSPS) is 22.8. The van der Waals surface area contributed by atoms with E-state index in [1.54, 1.807) is 18.9 Å². The molecule has 0 aliphatic carbocycles. The van der Waals surface area contributed by atoms with E-state index in [9.17, 15) is 4.79 Å². The molecule has 0 bridgehead atoms. The molecule has 0 saturated carbocycles. The van der Waals surface area contributed by atoms with Crippen LogP contribution in [-0.4, -0.2) is 37.2 Å². The topological polar surface area (TPSA) is 47.6 Å². The summed E-state index contributed by atoms with van der Waals surface area (Å²) in [6.45, 7) is 2.25. The van der Waals surface area contributed by atoms with Crippen LogP contribution in [0.4, 0.5) is 0 Å². The van der Waals surface area contributed by atoms with Gasteiger partial charge in [-0.2, -0.15) is 11.8 Å². The number of esters is 1. The Kier molecular flexibility index (Phi) is 5.10. The summed E-state index contributed by atoms with van der Waals surface area (Å²) in [6.07, 6.45) is 0. The smallest absolute Gasteiger partial charge is 0.324 e. The first-order valence-corrected chi connectivity index (χ1v) is 7.54. The number of rotatable bonds is 4. The maximum absolute atomic E-state index is 11.8. The lowest BCUT2D eigenvalue weighted by Gasteiger charge is -2.29. The van der Waals surface area contributed by atoms with Crippen molar-refractivity contribution in [3.8, 4) is 5.75 Å². The Morgan fingerprint density at radius 1 is 1.37 bits per heavy atom. The molecule has 1 aliphatic heterocycles. The summed E-state index contributed by atoms with van der Waals surface area (Å²) >= 11 is 1.78. The van der Waals surface area contributed by atoms with Crippen molar-refractivity contribution in [2.24, 2.45) is 0 Å². The number of nitrogens with one attached hydrogen (secondary N) is 1. The van der Waals surface area contributed by atoms with Crippen LogP contribution in [0.1, 0.15) is 18.5 Å². The van der Waals surface area contributed by atoms with Gasteiger partial charge in [0, 0.05) is 17.5 Å². The molecule has 0 amide bonds. The fourth-order valence-corrected chi connectivity index (χ4v) is 3.18. The van der Waals surface area contributed by atoms with E-state index in [2.05, 4.69) is 5.32 Å². The minimum absolute atomic E-state index is 0.159. The first-order valence-electron chi connectivity index (χ1n) is 6.39. The van der Waals surface area contributed by atoms with Gasteiger partial charge in [0.1, 0.15) is 11.8 Å². The van der Waals surface area contributed by atoms with Crippen molar-refractivity contribution in [2.45, 2.75) is 19.0 Å². The molecule has 1 saturated heterocycles. The molecule has 1 fully saturated rings. The van der Waals surface area contributed by atoms with Gasteiger partial charge >= 0.3 is 5.97 Å².